The minimum Gasteiger partial charge on any atom is -0.292 e. The largest absolute Gasteiger partial charge is 0.292 e. The first-order chi connectivity index (χ1) is 10.0. The summed E-state index contributed by atoms with van der Waals surface area (Å²) in [6.45, 7) is 1.59. The van der Waals surface area contributed by atoms with Crippen LogP contribution in [-0.2, 0) is 5.88 Å². The summed E-state index contributed by atoms with van der Waals surface area (Å²) in [5.74, 6) is -1.28. The van der Waals surface area contributed by atoms with Crippen molar-refractivity contribution in [2.45, 2.75) is 12.8 Å². The molecule has 3 aromatic rings. The number of benzene rings is 2. The van der Waals surface area contributed by atoms with Gasteiger partial charge in [-0.15, -0.1) is 11.6 Å². The maximum Gasteiger partial charge on any atom is 0.147 e. The quantitative estimate of drug-likeness (QED) is 0.638. The first-order valence-corrected chi connectivity index (χ1v) is 6.73. The molecule has 2 aromatic carbocycles. The van der Waals surface area contributed by atoms with Crippen LogP contribution >= 0.6 is 11.6 Å². The number of aryl methyl sites for hydroxylation is 1. The smallest absolute Gasteiger partial charge is 0.147 e. The summed E-state index contributed by atoms with van der Waals surface area (Å²) in [6.07, 6.45) is 0. The molecule has 0 saturated heterocycles. The highest BCUT2D eigenvalue weighted by atomic mass is 35.5. The minimum absolute atomic E-state index is 0.000779. The summed E-state index contributed by atoms with van der Waals surface area (Å²) in [5.41, 5.74) is 1.22. The van der Waals surface area contributed by atoms with E-state index in [2.05, 4.69) is 4.98 Å². The van der Waals surface area contributed by atoms with Crippen molar-refractivity contribution in [2.75, 3.05) is 0 Å². The van der Waals surface area contributed by atoms with Gasteiger partial charge in [-0.2, -0.15) is 0 Å². The molecule has 6 heteroatoms. The van der Waals surface area contributed by atoms with Crippen molar-refractivity contribution >= 4 is 22.6 Å². The molecule has 0 aliphatic carbocycles. The van der Waals surface area contributed by atoms with E-state index < -0.39 is 17.5 Å². The van der Waals surface area contributed by atoms with E-state index in [1.807, 2.05) is 0 Å². The Kier molecular flexibility index (Phi) is 3.37. The molecule has 2 nitrogen and oxygen atoms in total. The fraction of sp³-hybridized carbons (Fsp3) is 0.133. The molecule has 0 aliphatic rings. The predicted octanol–water partition coefficient (Wildman–Crippen LogP) is 4.49. The number of aromatic nitrogens is 2. The molecular weight excluding hydrogens is 301 g/mol. The van der Waals surface area contributed by atoms with E-state index in [-0.39, 0.29) is 11.6 Å². The minimum atomic E-state index is -0.607. The Balaban J connectivity index is 2.40. The van der Waals surface area contributed by atoms with Crippen LogP contribution in [0.2, 0.25) is 0 Å². The highest BCUT2D eigenvalue weighted by Gasteiger charge is 2.17. The van der Waals surface area contributed by atoms with Crippen LogP contribution in [0.5, 0.6) is 0 Å². The summed E-state index contributed by atoms with van der Waals surface area (Å²) in [7, 11) is 0. The normalized spacial score (nSPS) is 11.3. The molecular formula is C15H10ClF3N2. The topological polar surface area (TPSA) is 17.8 Å². The molecule has 21 heavy (non-hydrogen) atoms. The zero-order chi connectivity index (χ0) is 15.1. The van der Waals surface area contributed by atoms with E-state index in [1.165, 1.54) is 16.7 Å². The van der Waals surface area contributed by atoms with Crippen molar-refractivity contribution in [1.82, 2.24) is 9.55 Å². The highest BCUT2D eigenvalue weighted by molar-refractivity contribution is 6.17. The van der Waals surface area contributed by atoms with Crippen molar-refractivity contribution in [1.29, 1.82) is 0 Å². The second kappa shape index (κ2) is 5.07. The van der Waals surface area contributed by atoms with E-state index in [4.69, 9.17) is 11.6 Å². The molecule has 0 bridgehead atoms. The number of hydrogen-bond acceptors (Lipinski definition) is 1. The third-order valence-electron chi connectivity index (χ3n) is 3.27. The van der Waals surface area contributed by atoms with E-state index >= 15 is 0 Å². The monoisotopic (exact) mass is 310 g/mol. The fourth-order valence-electron chi connectivity index (χ4n) is 2.27. The van der Waals surface area contributed by atoms with Gasteiger partial charge in [-0.3, -0.25) is 4.57 Å². The van der Waals surface area contributed by atoms with Gasteiger partial charge in [0.15, 0.2) is 0 Å². The molecule has 0 spiro atoms. The van der Waals surface area contributed by atoms with Crippen molar-refractivity contribution < 1.29 is 13.2 Å². The van der Waals surface area contributed by atoms with Gasteiger partial charge in [-0.1, -0.05) is 0 Å². The highest BCUT2D eigenvalue weighted by Crippen LogP contribution is 2.27. The third kappa shape index (κ3) is 2.27. The molecule has 0 aliphatic heterocycles. The SMILES string of the molecule is Cc1cc2c(cc1F)nc(CCl)n2-c1cc(F)ccc1F. The van der Waals surface area contributed by atoms with Crippen molar-refractivity contribution in [3.8, 4) is 5.69 Å². The second-order valence-corrected chi connectivity index (χ2v) is 4.95. The number of rotatable bonds is 2. The second-order valence-electron chi connectivity index (χ2n) is 4.68. The first kappa shape index (κ1) is 13.9. The Morgan fingerprint density at radius 1 is 1.10 bits per heavy atom. The summed E-state index contributed by atoms with van der Waals surface area (Å²) in [5, 5.41) is 0. The Morgan fingerprint density at radius 3 is 2.57 bits per heavy atom. The van der Waals surface area contributed by atoms with Gasteiger partial charge in [0.2, 0.25) is 0 Å². The lowest BCUT2D eigenvalue weighted by Crippen LogP contribution is -2.03. The van der Waals surface area contributed by atoms with E-state index in [1.54, 1.807) is 6.92 Å². The Hall–Kier alpha value is -2.01. The third-order valence-corrected chi connectivity index (χ3v) is 3.51. The molecule has 0 radical (unpaired) electrons. The molecule has 108 valence electrons. The number of nitrogens with zero attached hydrogens (tertiary/aromatic N) is 2. The average Bonchev–Trinajstić information content (AvgIpc) is 2.79. The van der Waals surface area contributed by atoms with Crippen LogP contribution in [0, 0.1) is 24.4 Å². The number of hydrogen-bond donors (Lipinski definition) is 0. The van der Waals surface area contributed by atoms with Crippen molar-refractivity contribution in [3.05, 3.63) is 59.2 Å². The lowest BCUT2D eigenvalue weighted by molar-refractivity contribution is 0.592. The molecule has 0 unspecified atom stereocenters. The Bertz CT molecular complexity index is 843. The van der Waals surface area contributed by atoms with Gasteiger partial charge in [0.05, 0.1) is 22.6 Å². The molecule has 1 heterocycles. The van der Waals surface area contributed by atoms with E-state index in [0.717, 1.165) is 18.2 Å². The maximum absolute atomic E-state index is 14.0. The number of fused-ring (bicyclic) bond motifs is 1. The van der Waals surface area contributed by atoms with E-state index in [9.17, 15) is 13.2 Å². The molecule has 0 fully saturated rings. The van der Waals surface area contributed by atoms with Crippen LogP contribution in [0.3, 0.4) is 0 Å². The van der Waals surface area contributed by atoms with E-state index in [0.29, 0.717) is 22.4 Å². The van der Waals surface area contributed by atoms with Crippen LogP contribution in [0.4, 0.5) is 13.2 Å². The number of halogens is 4. The summed E-state index contributed by atoms with van der Waals surface area (Å²) < 4.78 is 42.5. The zero-order valence-electron chi connectivity index (χ0n) is 11.0. The van der Waals surface area contributed by atoms with Crippen LogP contribution in [0.1, 0.15) is 11.4 Å². The molecule has 0 amide bonds. The summed E-state index contributed by atoms with van der Waals surface area (Å²) >= 11 is 5.83. The average molecular weight is 311 g/mol. The van der Waals surface area contributed by atoms with Gasteiger partial charge in [-0.25, -0.2) is 18.2 Å². The van der Waals surface area contributed by atoms with Crippen LogP contribution in [0.15, 0.2) is 30.3 Å². The maximum atomic E-state index is 14.0. The number of imidazole rings is 1. The van der Waals surface area contributed by atoms with Gasteiger partial charge < -0.3 is 0 Å². The Morgan fingerprint density at radius 2 is 1.86 bits per heavy atom. The molecule has 1 aromatic heterocycles. The fourth-order valence-corrected chi connectivity index (χ4v) is 2.45. The standard InChI is InChI=1S/C15H10ClF3N2/c1-8-4-14-12(6-11(8)19)20-15(7-16)21(14)13-5-9(17)2-3-10(13)18/h2-6H,7H2,1H3. The zero-order valence-corrected chi connectivity index (χ0v) is 11.8. The van der Waals surface area contributed by atoms with Gasteiger partial charge >= 0.3 is 0 Å². The molecule has 0 atom stereocenters. The Labute approximate surface area is 123 Å². The molecule has 0 N–H and O–H groups in total. The van der Waals surface area contributed by atoms with Gasteiger partial charge in [-0.05, 0) is 30.7 Å². The lowest BCUT2D eigenvalue weighted by atomic mass is 10.2. The van der Waals surface area contributed by atoms with Gasteiger partial charge in [0.1, 0.15) is 23.3 Å². The predicted molar refractivity (Wildman–Crippen MR) is 75.2 cm³/mol. The lowest BCUT2D eigenvalue weighted by Gasteiger charge is -2.09. The number of alkyl halides is 1. The molecule has 0 saturated carbocycles. The first-order valence-electron chi connectivity index (χ1n) is 6.20. The molecule has 3 rings (SSSR count). The summed E-state index contributed by atoms with van der Waals surface area (Å²) in [4.78, 5) is 4.18. The van der Waals surface area contributed by atoms with Gasteiger partial charge in [0.25, 0.3) is 0 Å². The van der Waals surface area contributed by atoms with Crippen molar-refractivity contribution in [2.24, 2.45) is 0 Å². The van der Waals surface area contributed by atoms with Crippen LogP contribution in [0.25, 0.3) is 16.7 Å². The van der Waals surface area contributed by atoms with Gasteiger partial charge in [0, 0.05) is 12.1 Å². The van der Waals surface area contributed by atoms with Crippen LogP contribution < -0.4 is 0 Å². The summed E-state index contributed by atoms with van der Waals surface area (Å²) in [6, 6.07) is 5.92. The van der Waals surface area contributed by atoms with Crippen molar-refractivity contribution in [3.63, 3.8) is 0 Å². The van der Waals surface area contributed by atoms with Crippen LogP contribution in [-0.4, -0.2) is 9.55 Å².